The lowest BCUT2D eigenvalue weighted by Gasteiger charge is -2.30. The molecule has 1 saturated heterocycles. The molecule has 0 radical (unpaired) electrons. The van der Waals surface area contributed by atoms with Crippen molar-refractivity contribution in [1.82, 2.24) is 10.2 Å². The molecular formula is C24H31FN2O3. The minimum atomic E-state index is -0.356. The van der Waals surface area contributed by atoms with Crippen molar-refractivity contribution >= 4 is 5.91 Å². The lowest BCUT2D eigenvalue weighted by Crippen LogP contribution is -2.33. The predicted octanol–water partition coefficient (Wildman–Crippen LogP) is 4.27. The number of carbonyl (C=O) groups excluding carboxylic acids is 1. The second-order valence-corrected chi connectivity index (χ2v) is 7.93. The molecule has 0 aromatic heterocycles. The summed E-state index contributed by atoms with van der Waals surface area (Å²) in [6, 6.07) is 11.6. The first kappa shape index (κ1) is 22.1. The van der Waals surface area contributed by atoms with Crippen LogP contribution in [0.15, 0.2) is 42.5 Å². The zero-order valence-corrected chi connectivity index (χ0v) is 17.8. The van der Waals surface area contributed by atoms with Gasteiger partial charge in [0.15, 0.2) is 11.5 Å². The standard InChI is InChI=1S/C24H31FN2O3/c1-18-5-3-13-27(16-18)17-19-6-11-22(23(15-19)29-2)30-14-4-12-26-24(28)20-7-9-21(25)10-8-20/h6-11,15,18H,3-5,12-14,16-17H2,1-2H3,(H,26,28). The monoisotopic (exact) mass is 414 g/mol. The van der Waals surface area contributed by atoms with Gasteiger partial charge in [-0.1, -0.05) is 13.0 Å². The van der Waals surface area contributed by atoms with E-state index in [1.807, 2.05) is 12.1 Å². The first-order valence-electron chi connectivity index (χ1n) is 10.6. The molecular weight excluding hydrogens is 383 g/mol. The van der Waals surface area contributed by atoms with Gasteiger partial charge in [-0.2, -0.15) is 0 Å². The molecule has 0 bridgehead atoms. The van der Waals surface area contributed by atoms with E-state index in [9.17, 15) is 9.18 Å². The number of benzene rings is 2. The van der Waals surface area contributed by atoms with Gasteiger partial charge in [0, 0.05) is 25.2 Å². The van der Waals surface area contributed by atoms with Crippen molar-refractivity contribution in [3.05, 3.63) is 59.4 Å². The Hall–Kier alpha value is -2.60. The summed E-state index contributed by atoms with van der Waals surface area (Å²) in [7, 11) is 1.65. The number of methoxy groups -OCH3 is 1. The minimum absolute atomic E-state index is 0.219. The molecule has 0 aliphatic carbocycles. The molecule has 1 aliphatic rings. The molecule has 6 heteroatoms. The molecule has 1 amide bonds. The van der Waals surface area contributed by atoms with E-state index >= 15 is 0 Å². The number of hydrogen-bond acceptors (Lipinski definition) is 4. The van der Waals surface area contributed by atoms with Crippen molar-refractivity contribution in [3.8, 4) is 11.5 Å². The fourth-order valence-electron chi connectivity index (χ4n) is 3.78. The van der Waals surface area contributed by atoms with E-state index in [2.05, 4.69) is 23.2 Å². The Morgan fingerprint density at radius 3 is 2.73 bits per heavy atom. The first-order chi connectivity index (χ1) is 14.5. The molecule has 1 N–H and O–H groups in total. The van der Waals surface area contributed by atoms with Crippen LogP contribution in [0.4, 0.5) is 4.39 Å². The van der Waals surface area contributed by atoms with Gasteiger partial charge >= 0.3 is 0 Å². The number of amides is 1. The third-order valence-electron chi connectivity index (χ3n) is 5.35. The van der Waals surface area contributed by atoms with Crippen LogP contribution in [0.5, 0.6) is 11.5 Å². The summed E-state index contributed by atoms with van der Waals surface area (Å²) in [5.74, 6) is 1.62. The maximum atomic E-state index is 12.9. The summed E-state index contributed by atoms with van der Waals surface area (Å²) < 4.78 is 24.3. The molecule has 30 heavy (non-hydrogen) atoms. The molecule has 1 heterocycles. The van der Waals surface area contributed by atoms with Crippen molar-refractivity contribution < 1.29 is 18.7 Å². The molecule has 162 valence electrons. The van der Waals surface area contributed by atoms with Crippen molar-refractivity contribution in [2.45, 2.75) is 32.7 Å². The maximum Gasteiger partial charge on any atom is 0.251 e. The van der Waals surface area contributed by atoms with E-state index in [1.165, 1.54) is 42.7 Å². The van der Waals surface area contributed by atoms with Crippen LogP contribution in [0, 0.1) is 11.7 Å². The van der Waals surface area contributed by atoms with Crippen molar-refractivity contribution in [2.75, 3.05) is 33.4 Å². The number of piperidine rings is 1. The highest BCUT2D eigenvalue weighted by molar-refractivity contribution is 5.94. The fraction of sp³-hybridized carbons (Fsp3) is 0.458. The van der Waals surface area contributed by atoms with Gasteiger partial charge in [0.25, 0.3) is 5.91 Å². The second-order valence-electron chi connectivity index (χ2n) is 7.93. The normalized spacial score (nSPS) is 16.8. The zero-order chi connectivity index (χ0) is 21.3. The average Bonchev–Trinajstić information content (AvgIpc) is 2.74. The molecule has 1 fully saturated rings. The van der Waals surface area contributed by atoms with Gasteiger partial charge in [-0.3, -0.25) is 9.69 Å². The predicted molar refractivity (Wildman–Crippen MR) is 116 cm³/mol. The van der Waals surface area contributed by atoms with Crippen molar-refractivity contribution in [1.29, 1.82) is 0 Å². The van der Waals surface area contributed by atoms with Crippen LogP contribution in [0.1, 0.15) is 42.1 Å². The minimum Gasteiger partial charge on any atom is -0.493 e. The molecule has 2 aromatic rings. The van der Waals surface area contributed by atoms with Gasteiger partial charge in [-0.15, -0.1) is 0 Å². The summed E-state index contributed by atoms with van der Waals surface area (Å²) in [6.07, 6.45) is 3.23. The Labute approximate surface area is 178 Å². The van der Waals surface area contributed by atoms with Gasteiger partial charge < -0.3 is 14.8 Å². The van der Waals surface area contributed by atoms with E-state index in [0.29, 0.717) is 30.9 Å². The summed E-state index contributed by atoms with van der Waals surface area (Å²) in [4.78, 5) is 14.5. The van der Waals surface area contributed by atoms with Gasteiger partial charge in [0.05, 0.1) is 13.7 Å². The van der Waals surface area contributed by atoms with E-state index < -0.39 is 0 Å². The Morgan fingerprint density at radius 2 is 2.00 bits per heavy atom. The highest BCUT2D eigenvalue weighted by atomic mass is 19.1. The van der Waals surface area contributed by atoms with E-state index in [0.717, 1.165) is 31.3 Å². The summed E-state index contributed by atoms with van der Waals surface area (Å²) >= 11 is 0. The third kappa shape index (κ3) is 6.46. The highest BCUT2D eigenvalue weighted by Gasteiger charge is 2.17. The van der Waals surface area contributed by atoms with Gasteiger partial charge in [0.1, 0.15) is 5.82 Å². The lowest BCUT2D eigenvalue weighted by atomic mass is 10.00. The molecule has 5 nitrogen and oxygen atoms in total. The zero-order valence-electron chi connectivity index (χ0n) is 17.8. The van der Waals surface area contributed by atoms with Crippen LogP contribution in [-0.4, -0.2) is 44.2 Å². The molecule has 1 unspecified atom stereocenters. The molecule has 2 aromatic carbocycles. The van der Waals surface area contributed by atoms with E-state index in [-0.39, 0.29) is 11.7 Å². The van der Waals surface area contributed by atoms with Crippen LogP contribution < -0.4 is 14.8 Å². The Morgan fingerprint density at radius 1 is 1.20 bits per heavy atom. The number of ether oxygens (including phenoxy) is 2. The highest BCUT2D eigenvalue weighted by Crippen LogP contribution is 2.29. The van der Waals surface area contributed by atoms with Gasteiger partial charge in [-0.05, 0) is 73.7 Å². The quantitative estimate of drug-likeness (QED) is 0.623. The summed E-state index contributed by atoms with van der Waals surface area (Å²) in [5, 5.41) is 2.81. The molecule has 3 rings (SSSR count). The summed E-state index contributed by atoms with van der Waals surface area (Å²) in [6.45, 7) is 6.47. The molecule has 0 spiro atoms. The molecule has 1 atom stereocenters. The van der Waals surface area contributed by atoms with Crippen LogP contribution >= 0.6 is 0 Å². The van der Waals surface area contributed by atoms with Crippen molar-refractivity contribution in [2.24, 2.45) is 5.92 Å². The molecule has 1 aliphatic heterocycles. The SMILES string of the molecule is COc1cc(CN2CCCC(C)C2)ccc1OCCCNC(=O)c1ccc(F)cc1. The first-order valence-corrected chi connectivity index (χ1v) is 10.6. The van der Waals surface area contributed by atoms with Gasteiger partial charge in [-0.25, -0.2) is 4.39 Å². The summed E-state index contributed by atoms with van der Waals surface area (Å²) in [5.41, 5.74) is 1.66. The number of halogens is 1. The van der Waals surface area contributed by atoms with Crippen LogP contribution in [0.2, 0.25) is 0 Å². The fourth-order valence-corrected chi connectivity index (χ4v) is 3.78. The lowest BCUT2D eigenvalue weighted by molar-refractivity contribution is 0.0951. The van der Waals surface area contributed by atoms with E-state index in [4.69, 9.17) is 9.47 Å². The van der Waals surface area contributed by atoms with Crippen LogP contribution in [-0.2, 0) is 6.54 Å². The smallest absolute Gasteiger partial charge is 0.251 e. The topological polar surface area (TPSA) is 50.8 Å². The maximum absolute atomic E-state index is 12.9. The molecule has 0 saturated carbocycles. The Balaban J connectivity index is 1.43. The van der Waals surface area contributed by atoms with Crippen LogP contribution in [0.3, 0.4) is 0 Å². The number of nitrogens with one attached hydrogen (secondary N) is 1. The van der Waals surface area contributed by atoms with Crippen LogP contribution in [0.25, 0.3) is 0 Å². The average molecular weight is 415 g/mol. The Kier molecular flexibility index (Phi) is 8.08. The number of likely N-dealkylation sites (tertiary alicyclic amines) is 1. The Bertz CT molecular complexity index is 826. The third-order valence-corrected chi connectivity index (χ3v) is 5.35. The largest absolute Gasteiger partial charge is 0.493 e. The number of carbonyl (C=O) groups is 1. The number of rotatable bonds is 9. The van der Waals surface area contributed by atoms with Crippen molar-refractivity contribution in [3.63, 3.8) is 0 Å². The van der Waals surface area contributed by atoms with E-state index in [1.54, 1.807) is 7.11 Å². The number of hydrogen-bond donors (Lipinski definition) is 1. The number of nitrogens with zero attached hydrogens (tertiary/aromatic N) is 1. The van der Waals surface area contributed by atoms with Gasteiger partial charge in [0.2, 0.25) is 0 Å². The second kappa shape index (κ2) is 11.0.